The lowest BCUT2D eigenvalue weighted by molar-refractivity contribution is 0.121. The number of hydrogen-bond acceptors (Lipinski definition) is 2. The first kappa shape index (κ1) is 9.01. The summed E-state index contributed by atoms with van der Waals surface area (Å²) in [4.78, 5) is 2.64. The number of piperazine rings is 1. The molecular formula is C9H20N2. The molecule has 1 unspecified atom stereocenters. The summed E-state index contributed by atoms with van der Waals surface area (Å²) in [5.41, 5.74) is 0. The topological polar surface area (TPSA) is 15.3 Å². The zero-order valence-electron chi connectivity index (χ0n) is 6.47. The summed E-state index contributed by atoms with van der Waals surface area (Å²) in [6.45, 7) is 5.08. The number of rotatable bonds is 0. The van der Waals surface area contributed by atoms with Crippen molar-refractivity contribution >= 4 is 0 Å². The molecule has 0 saturated carbocycles. The van der Waals surface area contributed by atoms with Gasteiger partial charge in [-0.25, -0.2) is 0 Å². The van der Waals surface area contributed by atoms with Gasteiger partial charge in [-0.3, -0.25) is 4.90 Å². The molecule has 0 radical (unpaired) electrons. The minimum atomic E-state index is 0. The minimum Gasteiger partial charge on any atom is -0.314 e. The Labute approximate surface area is 70.0 Å². The van der Waals surface area contributed by atoms with Crippen LogP contribution in [0.5, 0.6) is 0 Å². The molecule has 2 aliphatic rings. The Morgan fingerprint density at radius 1 is 1.18 bits per heavy atom. The molecule has 1 atom stereocenters. The van der Waals surface area contributed by atoms with E-state index in [1.807, 2.05) is 0 Å². The third-order valence-electron chi connectivity index (χ3n) is 2.70. The molecule has 2 aliphatic heterocycles. The van der Waals surface area contributed by atoms with Gasteiger partial charge in [0.05, 0.1) is 0 Å². The van der Waals surface area contributed by atoms with Crippen LogP contribution in [0.25, 0.3) is 0 Å². The third-order valence-corrected chi connectivity index (χ3v) is 2.70. The van der Waals surface area contributed by atoms with Crippen LogP contribution in [0.4, 0.5) is 0 Å². The summed E-state index contributed by atoms with van der Waals surface area (Å²) in [7, 11) is 0. The van der Waals surface area contributed by atoms with E-state index in [4.69, 9.17) is 0 Å². The maximum absolute atomic E-state index is 3.44. The molecule has 2 rings (SSSR count). The first-order valence-electron chi connectivity index (χ1n) is 4.41. The average Bonchev–Trinajstić information content (AvgIpc) is 2.05. The highest BCUT2D eigenvalue weighted by Crippen LogP contribution is 2.17. The third kappa shape index (κ3) is 1.94. The van der Waals surface area contributed by atoms with E-state index in [0.29, 0.717) is 0 Å². The molecule has 2 nitrogen and oxygen atoms in total. The van der Waals surface area contributed by atoms with Crippen molar-refractivity contribution in [1.82, 2.24) is 10.2 Å². The van der Waals surface area contributed by atoms with Crippen molar-refractivity contribution in [2.45, 2.75) is 32.7 Å². The summed E-state index contributed by atoms with van der Waals surface area (Å²) in [5, 5.41) is 3.44. The Morgan fingerprint density at radius 3 is 2.91 bits per heavy atom. The van der Waals surface area contributed by atoms with Gasteiger partial charge < -0.3 is 5.32 Å². The summed E-state index contributed by atoms with van der Waals surface area (Å²) in [6.07, 6.45) is 4.30. The number of piperidine rings is 1. The number of fused-ring (bicyclic) bond motifs is 1. The molecule has 2 fully saturated rings. The van der Waals surface area contributed by atoms with Gasteiger partial charge in [0.15, 0.2) is 0 Å². The van der Waals surface area contributed by atoms with Gasteiger partial charge in [-0.15, -0.1) is 0 Å². The Balaban J connectivity index is 0.000000605. The molecule has 0 spiro atoms. The van der Waals surface area contributed by atoms with Crippen LogP contribution < -0.4 is 5.32 Å². The maximum atomic E-state index is 3.44. The molecule has 0 bridgehead atoms. The Morgan fingerprint density at radius 2 is 2.09 bits per heavy atom. The summed E-state index contributed by atoms with van der Waals surface area (Å²) < 4.78 is 0. The zero-order chi connectivity index (χ0) is 6.81. The normalized spacial score (nSPS) is 32.2. The van der Waals surface area contributed by atoms with Crippen molar-refractivity contribution < 1.29 is 0 Å². The van der Waals surface area contributed by atoms with E-state index in [1.165, 1.54) is 45.4 Å². The minimum absolute atomic E-state index is 0. The van der Waals surface area contributed by atoms with Crippen molar-refractivity contribution in [3.05, 3.63) is 0 Å². The Hall–Kier alpha value is -0.0800. The van der Waals surface area contributed by atoms with E-state index in [9.17, 15) is 0 Å². The summed E-state index contributed by atoms with van der Waals surface area (Å²) in [5.74, 6) is 0. The van der Waals surface area contributed by atoms with Gasteiger partial charge in [0.25, 0.3) is 0 Å². The highest BCUT2D eigenvalue weighted by molar-refractivity contribution is 4.82. The maximum Gasteiger partial charge on any atom is 0.0221 e. The van der Waals surface area contributed by atoms with Crippen LogP contribution in [0, 0.1) is 0 Å². The van der Waals surface area contributed by atoms with E-state index in [2.05, 4.69) is 10.2 Å². The Kier molecular flexibility index (Phi) is 3.34. The van der Waals surface area contributed by atoms with Crippen molar-refractivity contribution in [2.24, 2.45) is 0 Å². The van der Waals surface area contributed by atoms with Crippen molar-refractivity contribution in [3.8, 4) is 0 Å². The van der Waals surface area contributed by atoms with Gasteiger partial charge in [0, 0.05) is 25.7 Å². The lowest BCUT2D eigenvalue weighted by Crippen LogP contribution is -2.53. The number of nitrogens with zero attached hydrogens (tertiary/aromatic N) is 1. The fraction of sp³-hybridized carbons (Fsp3) is 1.00. The van der Waals surface area contributed by atoms with Gasteiger partial charge in [-0.1, -0.05) is 13.8 Å². The molecule has 0 aromatic heterocycles. The number of nitrogens with one attached hydrogen (secondary N) is 1. The summed E-state index contributed by atoms with van der Waals surface area (Å²) >= 11 is 0. The summed E-state index contributed by atoms with van der Waals surface area (Å²) in [6, 6.07) is 0.877. The standard InChI is InChI=1S/C8H16N2.CH4/c1-2-5-10-6-4-9-7-8(10)3-1;/h8-9H,1-7H2;1H4. The molecule has 1 N–H and O–H groups in total. The largest absolute Gasteiger partial charge is 0.314 e. The van der Waals surface area contributed by atoms with Crippen LogP contribution in [0.1, 0.15) is 26.7 Å². The van der Waals surface area contributed by atoms with E-state index >= 15 is 0 Å². The van der Waals surface area contributed by atoms with Crippen LogP contribution in [0.15, 0.2) is 0 Å². The first-order valence-corrected chi connectivity index (χ1v) is 4.41. The molecule has 0 aromatic rings. The van der Waals surface area contributed by atoms with Gasteiger partial charge >= 0.3 is 0 Å². The monoisotopic (exact) mass is 156 g/mol. The van der Waals surface area contributed by atoms with E-state index < -0.39 is 0 Å². The van der Waals surface area contributed by atoms with E-state index in [-0.39, 0.29) is 7.43 Å². The molecule has 0 aliphatic carbocycles. The van der Waals surface area contributed by atoms with Gasteiger partial charge in [-0.2, -0.15) is 0 Å². The van der Waals surface area contributed by atoms with Crippen LogP contribution >= 0.6 is 0 Å². The van der Waals surface area contributed by atoms with Gasteiger partial charge in [0.1, 0.15) is 0 Å². The molecule has 2 heterocycles. The quantitative estimate of drug-likeness (QED) is 0.564. The van der Waals surface area contributed by atoms with Crippen LogP contribution in [-0.2, 0) is 0 Å². The predicted octanol–water partition coefficient (Wildman–Crippen LogP) is 1.08. The fourth-order valence-corrected chi connectivity index (χ4v) is 2.08. The molecule has 11 heavy (non-hydrogen) atoms. The fourth-order valence-electron chi connectivity index (χ4n) is 2.08. The smallest absolute Gasteiger partial charge is 0.0221 e. The lowest BCUT2D eigenvalue weighted by atomic mass is 10.0. The van der Waals surface area contributed by atoms with E-state index in [1.54, 1.807) is 0 Å². The highest BCUT2D eigenvalue weighted by Gasteiger charge is 2.23. The second-order valence-corrected chi connectivity index (χ2v) is 3.39. The van der Waals surface area contributed by atoms with Crippen molar-refractivity contribution in [2.75, 3.05) is 26.2 Å². The molecule has 0 aromatic carbocycles. The van der Waals surface area contributed by atoms with Crippen molar-refractivity contribution in [1.29, 1.82) is 0 Å². The van der Waals surface area contributed by atoms with Crippen LogP contribution in [0.2, 0.25) is 0 Å². The first-order chi connectivity index (χ1) is 4.97. The molecule has 2 heteroatoms. The molecule has 0 amide bonds. The number of hydrogen-bond donors (Lipinski definition) is 1. The molecular weight excluding hydrogens is 136 g/mol. The Bertz CT molecular complexity index is 88.1. The van der Waals surface area contributed by atoms with E-state index in [0.717, 1.165) is 6.04 Å². The molecule has 66 valence electrons. The second-order valence-electron chi connectivity index (χ2n) is 3.39. The zero-order valence-corrected chi connectivity index (χ0v) is 6.47. The van der Waals surface area contributed by atoms with Crippen molar-refractivity contribution in [3.63, 3.8) is 0 Å². The highest BCUT2D eigenvalue weighted by atomic mass is 15.2. The predicted molar refractivity (Wildman–Crippen MR) is 48.8 cm³/mol. The molecule has 2 saturated heterocycles. The van der Waals surface area contributed by atoms with Crippen LogP contribution in [-0.4, -0.2) is 37.1 Å². The van der Waals surface area contributed by atoms with Gasteiger partial charge in [-0.05, 0) is 19.4 Å². The lowest BCUT2D eigenvalue weighted by Gasteiger charge is -2.39. The average molecular weight is 156 g/mol. The van der Waals surface area contributed by atoms with Crippen LogP contribution in [0.3, 0.4) is 0 Å². The van der Waals surface area contributed by atoms with Gasteiger partial charge in [0.2, 0.25) is 0 Å². The second kappa shape index (κ2) is 4.07. The SMILES string of the molecule is C.C1CCN2CCNCC2C1.